The molecule has 0 atom stereocenters. The first-order valence-electron chi connectivity index (χ1n) is 7.36. The molecule has 1 aliphatic heterocycles. The van der Waals surface area contributed by atoms with E-state index in [1.165, 1.54) is 45.3 Å². The zero-order chi connectivity index (χ0) is 13.4. The van der Waals surface area contributed by atoms with Gasteiger partial charge in [-0.05, 0) is 55.5 Å². The first-order valence-corrected chi connectivity index (χ1v) is 7.36. The van der Waals surface area contributed by atoms with E-state index in [-0.39, 0.29) is 0 Å². The molecule has 1 saturated carbocycles. The van der Waals surface area contributed by atoms with Gasteiger partial charge in [-0.3, -0.25) is 5.41 Å². The lowest BCUT2D eigenvalue weighted by Crippen LogP contribution is -2.41. The van der Waals surface area contributed by atoms with E-state index >= 15 is 0 Å². The molecule has 0 radical (unpaired) electrons. The van der Waals surface area contributed by atoms with Gasteiger partial charge in [0.2, 0.25) is 0 Å². The van der Waals surface area contributed by atoms with Crippen LogP contribution in [-0.4, -0.2) is 30.4 Å². The minimum atomic E-state index is 0.372. The van der Waals surface area contributed by atoms with Crippen molar-refractivity contribution in [3.8, 4) is 0 Å². The van der Waals surface area contributed by atoms with Crippen molar-refractivity contribution in [2.75, 3.05) is 19.6 Å². The molecule has 2 rings (SSSR count). The summed E-state index contributed by atoms with van der Waals surface area (Å²) in [5.41, 5.74) is 6.40. The molecule has 2 fully saturated rings. The van der Waals surface area contributed by atoms with Crippen molar-refractivity contribution in [3.05, 3.63) is 0 Å². The molecule has 2 aliphatic rings. The molecular formula is C15H29N3. The largest absolute Gasteiger partial charge is 0.388 e. The highest BCUT2D eigenvalue weighted by Crippen LogP contribution is 2.49. The molecule has 3 heteroatoms. The second-order valence-corrected chi connectivity index (χ2v) is 7.62. The summed E-state index contributed by atoms with van der Waals surface area (Å²) in [6.45, 7) is 10.7. The third-order valence-electron chi connectivity index (χ3n) is 4.89. The lowest BCUT2D eigenvalue weighted by atomic mass is 9.75. The number of hydrogen-bond acceptors (Lipinski definition) is 2. The van der Waals surface area contributed by atoms with E-state index in [2.05, 4.69) is 25.7 Å². The monoisotopic (exact) mass is 251 g/mol. The van der Waals surface area contributed by atoms with Gasteiger partial charge in [0.25, 0.3) is 0 Å². The molecule has 3 nitrogen and oxygen atoms in total. The van der Waals surface area contributed by atoms with E-state index in [0.29, 0.717) is 16.7 Å². The average Bonchev–Trinajstić information content (AvgIpc) is 2.96. The van der Waals surface area contributed by atoms with Crippen LogP contribution in [0.3, 0.4) is 0 Å². The number of nitrogens with zero attached hydrogens (tertiary/aromatic N) is 1. The molecule has 0 aromatic heterocycles. The maximum Gasteiger partial charge on any atom is 0.0911 e. The first-order chi connectivity index (χ1) is 8.31. The van der Waals surface area contributed by atoms with Crippen LogP contribution in [0.25, 0.3) is 0 Å². The first kappa shape index (κ1) is 13.9. The lowest BCUT2D eigenvalue weighted by Gasteiger charge is -2.40. The van der Waals surface area contributed by atoms with E-state index in [4.69, 9.17) is 11.1 Å². The number of piperidine rings is 1. The second kappa shape index (κ2) is 4.84. The quantitative estimate of drug-likeness (QED) is 0.596. The third-order valence-corrected chi connectivity index (χ3v) is 4.89. The topological polar surface area (TPSA) is 53.1 Å². The normalized spacial score (nSPS) is 25.1. The van der Waals surface area contributed by atoms with Gasteiger partial charge in [0.15, 0.2) is 0 Å². The average molecular weight is 251 g/mol. The van der Waals surface area contributed by atoms with Gasteiger partial charge in [-0.25, -0.2) is 0 Å². The highest BCUT2D eigenvalue weighted by molar-refractivity contribution is 5.78. The summed E-state index contributed by atoms with van der Waals surface area (Å²) in [5, 5.41) is 7.48. The molecule has 0 aromatic rings. The molecule has 0 aromatic carbocycles. The van der Waals surface area contributed by atoms with Gasteiger partial charge in [0.1, 0.15) is 0 Å². The van der Waals surface area contributed by atoms with Gasteiger partial charge < -0.3 is 10.6 Å². The fourth-order valence-corrected chi connectivity index (χ4v) is 3.40. The minimum absolute atomic E-state index is 0.372. The Kier molecular flexibility index (Phi) is 3.72. The van der Waals surface area contributed by atoms with Crippen LogP contribution in [0, 0.1) is 22.2 Å². The molecular weight excluding hydrogens is 222 g/mol. The van der Waals surface area contributed by atoms with Crippen LogP contribution < -0.4 is 5.73 Å². The van der Waals surface area contributed by atoms with E-state index in [1.807, 2.05) is 0 Å². The number of likely N-dealkylation sites (tertiary alicyclic amines) is 1. The molecule has 1 saturated heterocycles. The van der Waals surface area contributed by atoms with Crippen LogP contribution in [-0.2, 0) is 0 Å². The Morgan fingerprint density at radius 3 is 2.22 bits per heavy atom. The number of nitrogens with one attached hydrogen (secondary N) is 1. The summed E-state index contributed by atoms with van der Waals surface area (Å²) in [7, 11) is 0. The van der Waals surface area contributed by atoms with Crippen molar-refractivity contribution in [1.29, 1.82) is 5.41 Å². The Morgan fingerprint density at radius 2 is 1.83 bits per heavy atom. The van der Waals surface area contributed by atoms with Gasteiger partial charge in [0.05, 0.1) is 5.84 Å². The Bertz CT molecular complexity index is 304. The molecule has 1 heterocycles. The van der Waals surface area contributed by atoms with Gasteiger partial charge in [-0.1, -0.05) is 20.8 Å². The Labute approximate surface area is 112 Å². The van der Waals surface area contributed by atoms with Gasteiger partial charge in [0, 0.05) is 13.0 Å². The minimum Gasteiger partial charge on any atom is -0.388 e. The number of rotatable bonds is 4. The Balaban J connectivity index is 1.79. The van der Waals surface area contributed by atoms with Crippen LogP contribution in [0.15, 0.2) is 0 Å². The maximum absolute atomic E-state index is 7.48. The zero-order valence-electron chi connectivity index (χ0n) is 12.3. The summed E-state index contributed by atoms with van der Waals surface area (Å²) >= 11 is 0. The number of nitrogens with two attached hydrogens (primary N) is 1. The zero-order valence-corrected chi connectivity index (χ0v) is 12.3. The summed E-state index contributed by atoms with van der Waals surface area (Å²) in [6.07, 6.45) is 6.02. The van der Waals surface area contributed by atoms with Crippen LogP contribution in [0.2, 0.25) is 0 Å². The van der Waals surface area contributed by atoms with Gasteiger partial charge in [-0.15, -0.1) is 0 Å². The van der Waals surface area contributed by atoms with Crippen LogP contribution in [0.5, 0.6) is 0 Å². The Morgan fingerprint density at radius 1 is 1.28 bits per heavy atom. The predicted octanol–water partition coefficient (Wildman–Crippen LogP) is 2.85. The molecule has 0 bridgehead atoms. The maximum atomic E-state index is 7.48. The van der Waals surface area contributed by atoms with Gasteiger partial charge in [-0.2, -0.15) is 0 Å². The molecule has 18 heavy (non-hydrogen) atoms. The highest BCUT2D eigenvalue weighted by Gasteiger charge is 2.44. The highest BCUT2D eigenvalue weighted by atomic mass is 15.1. The van der Waals surface area contributed by atoms with Crippen LogP contribution in [0.1, 0.15) is 52.9 Å². The molecule has 104 valence electrons. The number of amidine groups is 1. The van der Waals surface area contributed by atoms with E-state index in [9.17, 15) is 0 Å². The van der Waals surface area contributed by atoms with Crippen molar-refractivity contribution >= 4 is 5.84 Å². The smallest absolute Gasteiger partial charge is 0.0911 e. The predicted molar refractivity (Wildman–Crippen MR) is 76.8 cm³/mol. The van der Waals surface area contributed by atoms with Crippen molar-refractivity contribution in [3.63, 3.8) is 0 Å². The summed E-state index contributed by atoms with van der Waals surface area (Å²) in [6, 6.07) is 0. The van der Waals surface area contributed by atoms with Crippen LogP contribution in [0.4, 0.5) is 0 Å². The fourth-order valence-electron chi connectivity index (χ4n) is 3.40. The van der Waals surface area contributed by atoms with Crippen molar-refractivity contribution < 1.29 is 0 Å². The molecule has 3 N–H and O–H groups in total. The summed E-state index contributed by atoms with van der Waals surface area (Å²) < 4.78 is 0. The molecule has 0 amide bonds. The number of hydrogen-bond donors (Lipinski definition) is 2. The fraction of sp³-hybridized carbons (Fsp3) is 0.933. The lowest BCUT2D eigenvalue weighted by molar-refractivity contribution is 0.0981. The van der Waals surface area contributed by atoms with Crippen molar-refractivity contribution in [1.82, 2.24) is 4.90 Å². The van der Waals surface area contributed by atoms with E-state index in [1.54, 1.807) is 0 Å². The van der Waals surface area contributed by atoms with E-state index < -0.39 is 0 Å². The summed E-state index contributed by atoms with van der Waals surface area (Å²) in [5.74, 6) is 1.24. The third kappa shape index (κ3) is 3.47. The molecule has 0 unspecified atom stereocenters. The Hall–Kier alpha value is -0.570. The molecule has 0 spiro atoms. The van der Waals surface area contributed by atoms with Crippen LogP contribution >= 0.6 is 0 Å². The molecule has 1 aliphatic carbocycles. The standard InChI is InChI=1S/C15H29N3/c1-14(2,3)12-4-8-18(9-5-12)11-15(6-7-15)10-13(16)17/h12H,4-11H2,1-3H3,(H3,16,17). The van der Waals surface area contributed by atoms with E-state index in [0.717, 1.165) is 12.3 Å². The SMILES string of the molecule is CC(C)(C)C1CCN(CC2(CC(=N)N)CC2)CC1. The van der Waals surface area contributed by atoms with Crippen molar-refractivity contribution in [2.45, 2.75) is 52.9 Å². The van der Waals surface area contributed by atoms with Crippen molar-refractivity contribution in [2.24, 2.45) is 22.5 Å². The summed E-state index contributed by atoms with van der Waals surface area (Å²) in [4.78, 5) is 2.61. The second-order valence-electron chi connectivity index (χ2n) is 7.62. The van der Waals surface area contributed by atoms with Gasteiger partial charge >= 0.3 is 0 Å².